The van der Waals surface area contributed by atoms with Crippen LogP contribution in [0, 0.1) is 0 Å². The van der Waals surface area contributed by atoms with E-state index in [-0.39, 0.29) is 21.2 Å². The molecule has 1 saturated heterocycles. The van der Waals surface area contributed by atoms with Crippen molar-refractivity contribution in [1.82, 2.24) is 5.32 Å². The highest BCUT2D eigenvalue weighted by Gasteiger charge is 2.37. The summed E-state index contributed by atoms with van der Waals surface area (Å²) in [7, 11) is 0. The van der Waals surface area contributed by atoms with Gasteiger partial charge in [0.25, 0.3) is 11.8 Å². The molecule has 2 aliphatic heterocycles. The Kier molecular flexibility index (Phi) is 6.73. The fourth-order valence-corrected chi connectivity index (χ4v) is 5.69. The van der Waals surface area contributed by atoms with Crippen LogP contribution in [0.5, 0.6) is 0 Å². The fourth-order valence-electron chi connectivity index (χ4n) is 4.90. The molecule has 5 nitrogen and oxygen atoms in total. The first kappa shape index (κ1) is 25.0. The van der Waals surface area contributed by atoms with Crippen LogP contribution in [0.1, 0.15) is 51.2 Å². The van der Waals surface area contributed by atoms with Gasteiger partial charge in [-0.2, -0.15) is 0 Å². The van der Waals surface area contributed by atoms with Gasteiger partial charge in [0, 0.05) is 22.8 Å². The van der Waals surface area contributed by atoms with Crippen molar-refractivity contribution in [2.75, 3.05) is 16.3 Å². The van der Waals surface area contributed by atoms with Crippen LogP contribution in [0.25, 0.3) is 6.08 Å². The summed E-state index contributed by atoms with van der Waals surface area (Å²) in [5, 5.41) is 3.63. The van der Waals surface area contributed by atoms with Gasteiger partial charge in [-0.25, -0.2) is 0 Å². The zero-order chi connectivity index (χ0) is 24.9. The first-order valence-corrected chi connectivity index (χ1v) is 12.5. The van der Waals surface area contributed by atoms with E-state index in [1.807, 2.05) is 12.1 Å². The number of anilines is 2. The topological polar surface area (TPSA) is 52.7 Å². The molecule has 2 amide bonds. The zero-order valence-electron chi connectivity index (χ0n) is 19.2. The van der Waals surface area contributed by atoms with E-state index in [0.29, 0.717) is 27.2 Å². The lowest BCUT2D eigenvalue weighted by Crippen LogP contribution is -2.54. The first-order valence-electron chi connectivity index (χ1n) is 10.9. The van der Waals surface area contributed by atoms with Crippen molar-refractivity contribution in [3.63, 3.8) is 0 Å². The predicted molar refractivity (Wildman–Crippen MR) is 144 cm³/mol. The number of benzene rings is 2. The van der Waals surface area contributed by atoms with Crippen LogP contribution in [-0.4, -0.2) is 29.0 Å². The Morgan fingerprint density at radius 1 is 1.12 bits per heavy atom. The van der Waals surface area contributed by atoms with Gasteiger partial charge in [0.15, 0.2) is 5.11 Å². The van der Waals surface area contributed by atoms with Gasteiger partial charge in [0.05, 0.1) is 15.7 Å². The van der Waals surface area contributed by atoms with Crippen molar-refractivity contribution in [3.8, 4) is 0 Å². The molecule has 2 heterocycles. The van der Waals surface area contributed by atoms with Crippen LogP contribution >= 0.6 is 47.0 Å². The number of nitrogens with one attached hydrogen (secondary N) is 1. The van der Waals surface area contributed by atoms with Crippen molar-refractivity contribution in [1.29, 1.82) is 0 Å². The first-order chi connectivity index (χ1) is 15.9. The minimum absolute atomic E-state index is 0.000250. The van der Waals surface area contributed by atoms with Gasteiger partial charge in [0.1, 0.15) is 5.57 Å². The highest BCUT2D eigenvalue weighted by Crippen LogP contribution is 2.45. The third-order valence-electron chi connectivity index (χ3n) is 6.38. The Morgan fingerprint density at radius 3 is 2.47 bits per heavy atom. The van der Waals surface area contributed by atoms with Crippen LogP contribution in [0.2, 0.25) is 15.1 Å². The van der Waals surface area contributed by atoms with E-state index >= 15 is 0 Å². The van der Waals surface area contributed by atoms with E-state index in [4.69, 9.17) is 47.0 Å². The molecule has 0 saturated carbocycles. The molecule has 0 aliphatic carbocycles. The van der Waals surface area contributed by atoms with E-state index in [9.17, 15) is 9.59 Å². The molecule has 1 unspecified atom stereocenters. The quantitative estimate of drug-likeness (QED) is 0.273. The Bertz CT molecular complexity index is 1260. The minimum Gasteiger partial charge on any atom is -0.366 e. The maximum absolute atomic E-state index is 13.4. The van der Waals surface area contributed by atoms with Crippen molar-refractivity contribution >= 4 is 81.4 Å². The Morgan fingerprint density at radius 2 is 1.82 bits per heavy atom. The number of carbonyl (C=O) groups excluding carboxylic acids is 2. The van der Waals surface area contributed by atoms with E-state index in [0.717, 1.165) is 24.2 Å². The molecule has 0 aromatic heterocycles. The lowest BCUT2D eigenvalue weighted by atomic mass is 9.79. The van der Waals surface area contributed by atoms with E-state index in [1.165, 1.54) is 17.0 Å². The number of thiocarbonyl (C=S) groups is 1. The highest BCUT2D eigenvalue weighted by atomic mass is 35.5. The molecule has 2 aliphatic rings. The van der Waals surface area contributed by atoms with Gasteiger partial charge in [-0.1, -0.05) is 41.7 Å². The van der Waals surface area contributed by atoms with Gasteiger partial charge in [0.2, 0.25) is 0 Å². The summed E-state index contributed by atoms with van der Waals surface area (Å²) in [6.45, 7) is 9.61. The maximum Gasteiger partial charge on any atom is 0.270 e. The van der Waals surface area contributed by atoms with E-state index < -0.39 is 11.8 Å². The van der Waals surface area contributed by atoms with Crippen LogP contribution in [0.15, 0.2) is 35.9 Å². The molecule has 0 spiro atoms. The highest BCUT2D eigenvalue weighted by molar-refractivity contribution is 7.80. The molecule has 178 valence electrons. The lowest BCUT2D eigenvalue weighted by Gasteiger charge is -2.47. The SMILES string of the molecule is CCN1c2cc(Cl)c(/C=C3/C(=O)NC(=S)N(c4ccc(Cl)c(Cl)c4)C3=O)cc2C(C)CC1(C)C. The van der Waals surface area contributed by atoms with Gasteiger partial charge < -0.3 is 4.90 Å². The number of halogens is 3. The summed E-state index contributed by atoms with van der Waals surface area (Å²) in [5.74, 6) is -0.854. The molecular weight excluding hydrogens is 513 g/mol. The summed E-state index contributed by atoms with van der Waals surface area (Å²) in [4.78, 5) is 29.7. The Hall–Kier alpha value is -2.12. The largest absolute Gasteiger partial charge is 0.366 e. The Labute approximate surface area is 219 Å². The monoisotopic (exact) mass is 535 g/mol. The minimum atomic E-state index is -0.579. The van der Waals surface area contributed by atoms with Crippen LogP contribution in [0.3, 0.4) is 0 Å². The third kappa shape index (κ3) is 4.33. The second-order valence-electron chi connectivity index (χ2n) is 9.15. The smallest absolute Gasteiger partial charge is 0.270 e. The van der Waals surface area contributed by atoms with Crippen molar-refractivity contribution in [2.24, 2.45) is 0 Å². The number of amides is 2. The number of rotatable bonds is 3. The second-order valence-corrected chi connectivity index (χ2v) is 10.8. The Balaban J connectivity index is 1.78. The molecule has 0 bridgehead atoms. The van der Waals surface area contributed by atoms with Gasteiger partial charge >= 0.3 is 0 Å². The van der Waals surface area contributed by atoms with Gasteiger partial charge in [-0.3, -0.25) is 19.8 Å². The van der Waals surface area contributed by atoms with Crippen molar-refractivity contribution in [2.45, 2.75) is 45.6 Å². The average Bonchev–Trinajstić information content (AvgIpc) is 2.73. The molecule has 34 heavy (non-hydrogen) atoms. The zero-order valence-corrected chi connectivity index (χ0v) is 22.3. The maximum atomic E-state index is 13.4. The molecule has 2 aromatic rings. The second kappa shape index (κ2) is 9.15. The molecular formula is C25H24Cl3N3O2S. The third-order valence-corrected chi connectivity index (χ3v) is 7.73. The fraction of sp³-hybridized carbons (Fsp3) is 0.320. The van der Waals surface area contributed by atoms with Crippen LogP contribution in [-0.2, 0) is 9.59 Å². The van der Waals surface area contributed by atoms with Gasteiger partial charge in [-0.05, 0) is 92.9 Å². The average molecular weight is 537 g/mol. The summed E-state index contributed by atoms with van der Waals surface area (Å²) in [6.07, 6.45) is 2.50. The molecule has 4 rings (SSSR count). The predicted octanol–water partition coefficient (Wildman–Crippen LogP) is 6.59. The van der Waals surface area contributed by atoms with E-state index in [1.54, 1.807) is 12.1 Å². The van der Waals surface area contributed by atoms with Gasteiger partial charge in [-0.15, -0.1) is 0 Å². The summed E-state index contributed by atoms with van der Waals surface area (Å²) >= 11 is 24.1. The summed E-state index contributed by atoms with van der Waals surface area (Å²) in [5.41, 5.74) is 3.15. The summed E-state index contributed by atoms with van der Waals surface area (Å²) < 4.78 is 0. The van der Waals surface area contributed by atoms with Crippen LogP contribution < -0.4 is 15.1 Å². The van der Waals surface area contributed by atoms with Crippen LogP contribution in [0.4, 0.5) is 11.4 Å². The molecule has 9 heteroatoms. The number of carbonyl (C=O) groups is 2. The standard InChI is InChI=1S/C25H24Cl3N3O2S/c1-5-30-21-11-19(27)14(8-16(21)13(2)12-25(30,3)4)9-17-22(32)29-24(34)31(23(17)33)15-6-7-18(26)20(28)10-15/h6-11,13H,5,12H2,1-4H3,(H,29,32,34)/b17-9-. The van der Waals surface area contributed by atoms with E-state index in [2.05, 4.69) is 37.9 Å². The van der Waals surface area contributed by atoms with Crippen molar-refractivity contribution < 1.29 is 9.59 Å². The number of hydrogen-bond donors (Lipinski definition) is 1. The molecule has 0 radical (unpaired) electrons. The summed E-state index contributed by atoms with van der Waals surface area (Å²) in [6, 6.07) is 8.61. The normalized spacial score (nSPS) is 21.1. The lowest BCUT2D eigenvalue weighted by molar-refractivity contribution is -0.122. The molecule has 1 N–H and O–H groups in total. The van der Waals surface area contributed by atoms with Crippen molar-refractivity contribution in [3.05, 3.63) is 62.1 Å². The number of nitrogens with zero attached hydrogens (tertiary/aromatic N) is 2. The number of hydrogen-bond acceptors (Lipinski definition) is 4. The number of fused-ring (bicyclic) bond motifs is 1. The molecule has 1 atom stereocenters. The molecule has 1 fully saturated rings. The molecule has 2 aromatic carbocycles.